The van der Waals surface area contributed by atoms with E-state index in [2.05, 4.69) is 17.1 Å². The Kier molecular flexibility index (Phi) is 4.82. The molecule has 0 unspecified atom stereocenters. The first kappa shape index (κ1) is 17.2. The van der Waals surface area contributed by atoms with Crippen molar-refractivity contribution in [1.29, 1.82) is 0 Å². The summed E-state index contributed by atoms with van der Waals surface area (Å²) >= 11 is 6.19. The summed E-state index contributed by atoms with van der Waals surface area (Å²) in [5, 5.41) is 0.525. The highest BCUT2D eigenvalue weighted by atomic mass is 35.5. The average Bonchev–Trinajstić information content (AvgIpc) is 2.74. The lowest BCUT2D eigenvalue weighted by molar-refractivity contribution is 0.103. The monoisotopic (exact) mass is 369 g/mol. The van der Waals surface area contributed by atoms with Crippen LogP contribution in [0, 0.1) is 0 Å². The molecule has 1 heterocycles. The Labute approximate surface area is 163 Å². The van der Waals surface area contributed by atoms with Crippen LogP contribution in [0.2, 0.25) is 5.02 Å². The van der Waals surface area contributed by atoms with Gasteiger partial charge in [-0.25, -0.2) is 0 Å². The molecule has 0 amide bonds. The van der Waals surface area contributed by atoms with Crippen LogP contribution in [0.5, 0.6) is 0 Å². The highest BCUT2D eigenvalue weighted by Gasteiger charge is 2.16. The second-order valence-electron chi connectivity index (χ2n) is 6.18. The molecular formula is C24H16ClNO. The minimum Gasteiger partial charge on any atom is -0.289 e. The summed E-state index contributed by atoms with van der Waals surface area (Å²) in [4.78, 5) is 17.6. The number of hydrogen-bond acceptors (Lipinski definition) is 2. The van der Waals surface area contributed by atoms with E-state index < -0.39 is 0 Å². The van der Waals surface area contributed by atoms with Gasteiger partial charge in [-0.1, -0.05) is 78.3 Å². The molecule has 0 aliphatic rings. The molecule has 3 aromatic carbocycles. The Morgan fingerprint density at radius 2 is 1.44 bits per heavy atom. The smallest absolute Gasteiger partial charge is 0.193 e. The van der Waals surface area contributed by atoms with Crippen molar-refractivity contribution in [2.75, 3.05) is 0 Å². The van der Waals surface area contributed by atoms with Crippen molar-refractivity contribution in [2.45, 2.75) is 0 Å². The number of carbonyl (C=O) groups is 1. The Bertz CT molecular complexity index is 1090. The van der Waals surface area contributed by atoms with Gasteiger partial charge in [-0.05, 0) is 35.4 Å². The maximum absolute atomic E-state index is 13.1. The van der Waals surface area contributed by atoms with Crippen LogP contribution in [0.15, 0.2) is 97.2 Å². The van der Waals surface area contributed by atoms with E-state index in [-0.39, 0.29) is 5.78 Å². The number of ketones is 1. The molecule has 130 valence electrons. The Morgan fingerprint density at radius 3 is 2.19 bits per heavy atom. The molecule has 3 heteroatoms. The van der Waals surface area contributed by atoms with Crippen molar-refractivity contribution < 1.29 is 4.79 Å². The molecule has 0 N–H and O–H groups in total. The van der Waals surface area contributed by atoms with E-state index in [1.165, 1.54) is 0 Å². The summed E-state index contributed by atoms with van der Waals surface area (Å²) in [6.07, 6.45) is 1.77. The van der Waals surface area contributed by atoms with Gasteiger partial charge in [-0.2, -0.15) is 0 Å². The second-order valence-corrected chi connectivity index (χ2v) is 6.62. The lowest BCUT2D eigenvalue weighted by Gasteiger charge is -2.11. The van der Waals surface area contributed by atoms with E-state index in [1.807, 2.05) is 54.6 Å². The van der Waals surface area contributed by atoms with Gasteiger partial charge in [0, 0.05) is 27.9 Å². The van der Waals surface area contributed by atoms with Crippen molar-refractivity contribution >= 4 is 17.4 Å². The van der Waals surface area contributed by atoms with Gasteiger partial charge in [-0.3, -0.25) is 9.78 Å². The normalized spacial score (nSPS) is 10.6. The summed E-state index contributed by atoms with van der Waals surface area (Å²) in [6, 6.07) is 28.6. The zero-order chi connectivity index (χ0) is 18.6. The number of aromatic nitrogens is 1. The minimum atomic E-state index is -0.0694. The van der Waals surface area contributed by atoms with E-state index >= 15 is 0 Å². The first-order chi connectivity index (χ1) is 13.2. The van der Waals surface area contributed by atoms with E-state index in [9.17, 15) is 4.79 Å². The fourth-order valence-corrected chi connectivity index (χ4v) is 3.23. The van der Waals surface area contributed by atoms with Crippen LogP contribution in [0.4, 0.5) is 0 Å². The Morgan fingerprint density at radius 1 is 0.741 bits per heavy atom. The zero-order valence-electron chi connectivity index (χ0n) is 14.5. The Hall–Kier alpha value is -3.23. The van der Waals surface area contributed by atoms with Crippen molar-refractivity contribution in [2.24, 2.45) is 0 Å². The summed E-state index contributed by atoms with van der Waals surface area (Å²) in [7, 11) is 0. The van der Waals surface area contributed by atoms with Gasteiger partial charge in [0.05, 0.1) is 5.69 Å². The number of hydrogen-bond donors (Lipinski definition) is 0. The molecular weight excluding hydrogens is 354 g/mol. The number of pyridine rings is 1. The lowest BCUT2D eigenvalue weighted by atomic mass is 9.95. The summed E-state index contributed by atoms with van der Waals surface area (Å²) in [5.41, 5.74) is 4.84. The molecule has 0 aliphatic heterocycles. The van der Waals surface area contributed by atoms with Crippen molar-refractivity contribution in [3.63, 3.8) is 0 Å². The highest BCUT2D eigenvalue weighted by Crippen LogP contribution is 2.30. The lowest BCUT2D eigenvalue weighted by Crippen LogP contribution is -2.04. The SMILES string of the molecule is O=C(c1ccccc1)c1cc(Cl)ccc1-c1cc(-c2ccccc2)ccn1. The van der Waals surface area contributed by atoms with Crippen LogP contribution in [0.1, 0.15) is 15.9 Å². The maximum atomic E-state index is 13.1. The molecule has 0 radical (unpaired) electrons. The summed E-state index contributed by atoms with van der Waals surface area (Å²) in [6.45, 7) is 0. The van der Waals surface area contributed by atoms with Gasteiger partial charge in [0.15, 0.2) is 5.78 Å². The van der Waals surface area contributed by atoms with E-state index in [0.717, 1.165) is 22.4 Å². The van der Waals surface area contributed by atoms with Gasteiger partial charge >= 0.3 is 0 Å². The number of halogens is 1. The topological polar surface area (TPSA) is 30.0 Å². The third-order valence-corrected chi connectivity index (χ3v) is 4.64. The molecule has 27 heavy (non-hydrogen) atoms. The third-order valence-electron chi connectivity index (χ3n) is 4.41. The summed E-state index contributed by atoms with van der Waals surface area (Å²) < 4.78 is 0. The van der Waals surface area contributed by atoms with E-state index in [1.54, 1.807) is 30.5 Å². The van der Waals surface area contributed by atoms with Gasteiger partial charge in [-0.15, -0.1) is 0 Å². The standard InChI is InChI=1S/C24H16ClNO/c25-20-11-12-21(22(16-20)24(27)18-9-5-2-6-10-18)23-15-19(13-14-26-23)17-7-3-1-4-8-17/h1-16H. The van der Waals surface area contributed by atoms with Crippen LogP contribution >= 0.6 is 11.6 Å². The van der Waals surface area contributed by atoms with E-state index in [0.29, 0.717) is 16.1 Å². The van der Waals surface area contributed by atoms with Crippen LogP contribution in [0.25, 0.3) is 22.4 Å². The molecule has 0 saturated carbocycles. The minimum absolute atomic E-state index is 0.0694. The third kappa shape index (κ3) is 3.67. The maximum Gasteiger partial charge on any atom is 0.193 e. The predicted octanol–water partition coefficient (Wildman–Crippen LogP) is 6.30. The number of nitrogens with zero attached hydrogens (tertiary/aromatic N) is 1. The quantitative estimate of drug-likeness (QED) is 0.395. The molecule has 0 spiro atoms. The van der Waals surface area contributed by atoms with E-state index in [4.69, 9.17) is 11.6 Å². The number of rotatable bonds is 4. The molecule has 2 nitrogen and oxygen atoms in total. The summed E-state index contributed by atoms with van der Waals surface area (Å²) in [5.74, 6) is -0.0694. The molecule has 0 aliphatic carbocycles. The largest absolute Gasteiger partial charge is 0.289 e. The van der Waals surface area contributed by atoms with Crippen molar-refractivity contribution in [3.05, 3.63) is 113 Å². The second kappa shape index (κ2) is 7.56. The van der Waals surface area contributed by atoms with Gasteiger partial charge in [0.1, 0.15) is 0 Å². The highest BCUT2D eigenvalue weighted by molar-refractivity contribution is 6.31. The fourth-order valence-electron chi connectivity index (χ4n) is 3.06. The average molecular weight is 370 g/mol. The molecule has 0 saturated heterocycles. The van der Waals surface area contributed by atoms with Gasteiger partial charge < -0.3 is 0 Å². The van der Waals surface area contributed by atoms with Crippen LogP contribution in [0.3, 0.4) is 0 Å². The van der Waals surface area contributed by atoms with Crippen LogP contribution in [-0.2, 0) is 0 Å². The number of benzene rings is 3. The number of carbonyl (C=O) groups excluding carboxylic acids is 1. The molecule has 0 atom stereocenters. The zero-order valence-corrected chi connectivity index (χ0v) is 15.2. The fraction of sp³-hybridized carbons (Fsp3) is 0. The molecule has 0 fully saturated rings. The molecule has 0 bridgehead atoms. The molecule has 4 rings (SSSR count). The first-order valence-electron chi connectivity index (χ1n) is 8.63. The first-order valence-corrected chi connectivity index (χ1v) is 9.01. The van der Waals surface area contributed by atoms with Crippen LogP contribution < -0.4 is 0 Å². The Balaban J connectivity index is 1.82. The van der Waals surface area contributed by atoms with Crippen molar-refractivity contribution in [3.8, 4) is 22.4 Å². The van der Waals surface area contributed by atoms with Crippen LogP contribution in [-0.4, -0.2) is 10.8 Å². The molecule has 4 aromatic rings. The predicted molar refractivity (Wildman–Crippen MR) is 110 cm³/mol. The van der Waals surface area contributed by atoms with Gasteiger partial charge in [0.2, 0.25) is 0 Å². The molecule has 1 aromatic heterocycles. The van der Waals surface area contributed by atoms with Crippen molar-refractivity contribution in [1.82, 2.24) is 4.98 Å². The van der Waals surface area contributed by atoms with Gasteiger partial charge in [0.25, 0.3) is 0 Å².